The van der Waals surface area contributed by atoms with E-state index in [-0.39, 0.29) is 12.6 Å². The third kappa shape index (κ3) is 3.40. The maximum absolute atomic E-state index is 11.2. The number of nitrogens with zero attached hydrogens (tertiary/aromatic N) is 1. The lowest BCUT2D eigenvalue weighted by atomic mass is 9.89. The molecule has 2 atom stereocenters. The van der Waals surface area contributed by atoms with Crippen molar-refractivity contribution in [3.8, 4) is 0 Å². The summed E-state index contributed by atoms with van der Waals surface area (Å²) < 4.78 is 0. The highest BCUT2D eigenvalue weighted by Gasteiger charge is 2.33. The van der Waals surface area contributed by atoms with Crippen LogP contribution in [-0.4, -0.2) is 41.3 Å². The van der Waals surface area contributed by atoms with Crippen molar-refractivity contribution in [1.82, 2.24) is 10.4 Å². The summed E-state index contributed by atoms with van der Waals surface area (Å²) in [5, 5.41) is 24.7. The van der Waals surface area contributed by atoms with Crippen LogP contribution in [0, 0.1) is 11.1 Å². The number of nitrogens with one attached hydrogen (secondary N) is 1. The van der Waals surface area contributed by atoms with Crippen LogP contribution in [0.5, 0.6) is 0 Å². The zero-order valence-electron chi connectivity index (χ0n) is 10.1. The molecule has 0 aromatic heterocycles. The van der Waals surface area contributed by atoms with Crippen molar-refractivity contribution in [2.75, 3.05) is 13.1 Å². The standard InChI is InChI=1S/C12H21N2O3/c15-12(16)10-8-14(17)7-6-11(10)13-9-4-2-1-3-5-9/h9-11,13H,1-8H2,(H,15,16)/q-1. The van der Waals surface area contributed by atoms with E-state index in [9.17, 15) is 10.0 Å². The number of piperidine rings is 1. The molecule has 0 amide bonds. The Morgan fingerprint density at radius 1 is 1.24 bits per heavy atom. The fourth-order valence-electron chi connectivity index (χ4n) is 2.94. The summed E-state index contributed by atoms with van der Waals surface area (Å²) in [6.45, 7) is 0.577. The minimum Gasteiger partial charge on any atom is -0.785 e. The largest absolute Gasteiger partial charge is 0.785 e. The molecule has 2 aliphatic rings. The van der Waals surface area contributed by atoms with Crippen molar-refractivity contribution in [2.24, 2.45) is 5.92 Å². The topological polar surface area (TPSA) is 75.6 Å². The van der Waals surface area contributed by atoms with Crippen molar-refractivity contribution in [2.45, 2.75) is 50.6 Å². The van der Waals surface area contributed by atoms with Crippen molar-refractivity contribution in [3.05, 3.63) is 5.21 Å². The van der Waals surface area contributed by atoms with Crippen molar-refractivity contribution in [3.63, 3.8) is 0 Å². The summed E-state index contributed by atoms with van der Waals surface area (Å²) in [5.74, 6) is -1.40. The molecule has 17 heavy (non-hydrogen) atoms. The molecule has 98 valence electrons. The van der Waals surface area contributed by atoms with Crippen LogP contribution in [0.3, 0.4) is 0 Å². The highest BCUT2D eigenvalue weighted by molar-refractivity contribution is 5.71. The van der Waals surface area contributed by atoms with Crippen LogP contribution in [-0.2, 0) is 4.79 Å². The third-order valence-corrected chi connectivity index (χ3v) is 3.95. The molecule has 2 unspecified atom stereocenters. The van der Waals surface area contributed by atoms with Gasteiger partial charge in [0.05, 0.1) is 5.92 Å². The van der Waals surface area contributed by atoms with Gasteiger partial charge in [-0.15, -0.1) is 0 Å². The van der Waals surface area contributed by atoms with Gasteiger partial charge in [0, 0.05) is 18.6 Å². The second kappa shape index (κ2) is 5.80. The molecule has 2 N–H and O–H groups in total. The first-order chi connectivity index (χ1) is 8.16. The van der Waals surface area contributed by atoms with E-state index in [4.69, 9.17) is 5.11 Å². The molecule has 1 saturated carbocycles. The van der Waals surface area contributed by atoms with Gasteiger partial charge < -0.3 is 20.7 Å². The molecule has 0 aromatic carbocycles. The summed E-state index contributed by atoms with van der Waals surface area (Å²) in [6.07, 6.45) is 6.69. The smallest absolute Gasteiger partial charge is 0.309 e. The van der Waals surface area contributed by atoms with E-state index < -0.39 is 11.9 Å². The lowest BCUT2D eigenvalue weighted by Gasteiger charge is -2.42. The van der Waals surface area contributed by atoms with Crippen LogP contribution < -0.4 is 5.32 Å². The highest BCUT2D eigenvalue weighted by Crippen LogP contribution is 2.22. The monoisotopic (exact) mass is 241 g/mol. The molecular weight excluding hydrogens is 220 g/mol. The van der Waals surface area contributed by atoms with Gasteiger partial charge in [-0.2, -0.15) is 0 Å². The molecule has 1 heterocycles. The molecule has 1 saturated heterocycles. The zero-order chi connectivity index (χ0) is 12.3. The Labute approximate surface area is 102 Å². The average molecular weight is 241 g/mol. The molecule has 2 fully saturated rings. The second-order valence-electron chi connectivity index (χ2n) is 5.23. The van der Waals surface area contributed by atoms with Crippen LogP contribution >= 0.6 is 0 Å². The summed E-state index contributed by atoms with van der Waals surface area (Å²) >= 11 is 0. The first-order valence-electron chi connectivity index (χ1n) is 6.58. The molecule has 0 aromatic rings. The van der Waals surface area contributed by atoms with Gasteiger partial charge in [0.1, 0.15) is 0 Å². The van der Waals surface area contributed by atoms with Gasteiger partial charge in [0.15, 0.2) is 0 Å². The number of hydroxylamine groups is 2. The Kier molecular flexibility index (Phi) is 4.36. The zero-order valence-corrected chi connectivity index (χ0v) is 10.1. The number of hydrogen-bond acceptors (Lipinski definition) is 4. The molecule has 2 rings (SSSR count). The Balaban J connectivity index is 1.90. The minimum atomic E-state index is -0.848. The van der Waals surface area contributed by atoms with Crippen LogP contribution in [0.4, 0.5) is 0 Å². The SMILES string of the molecule is O=C(O)C1CN([O-])CCC1NC1CCCCC1. The Hall–Kier alpha value is -0.650. The number of rotatable bonds is 3. The summed E-state index contributed by atoms with van der Waals surface area (Å²) in [6, 6.07) is 0.426. The van der Waals surface area contributed by atoms with Crippen LogP contribution in [0.1, 0.15) is 38.5 Å². The van der Waals surface area contributed by atoms with E-state index in [1.165, 1.54) is 19.3 Å². The Bertz CT molecular complexity index is 266. The fourth-order valence-corrected chi connectivity index (χ4v) is 2.94. The minimum absolute atomic E-state index is 0.0270. The average Bonchev–Trinajstić information content (AvgIpc) is 2.32. The number of carboxylic acids is 1. The highest BCUT2D eigenvalue weighted by atomic mass is 16.5. The predicted octanol–water partition coefficient (Wildman–Crippen LogP) is 1.18. The van der Waals surface area contributed by atoms with E-state index in [0.29, 0.717) is 19.0 Å². The second-order valence-corrected chi connectivity index (χ2v) is 5.23. The molecule has 0 spiro atoms. The molecule has 5 heteroatoms. The molecule has 1 aliphatic carbocycles. The normalized spacial score (nSPS) is 32.5. The van der Waals surface area contributed by atoms with E-state index >= 15 is 0 Å². The number of carbonyl (C=O) groups is 1. The van der Waals surface area contributed by atoms with Crippen molar-refractivity contribution >= 4 is 5.97 Å². The fraction of sp³-hybridized carbons (Fsp3) is 0.917. The van der Waals surface area contributed by atoms with E-state index in [0.717, 1.165) is 17.9 Å². The third-order valence-electron chi connectivity index (χ3n) is 3.95. The lowest BCUT2D eigenvalue weighted by molar-refractivity contribution is -0.144. The van der Waals surface area contributed by atoms with E-state index in [1.54, 1.807) is 0 Å². The van der Waals surface area contributed by atoms with Gasteiger partial charge in [0.25, 0.3) is 0 Å². The Morgan fingerprint density at radius 2 is 1.94 bits per heavy atom. The van der Waals surface area contributed by atoms with Gasteiger partial charge >= 0.3 is 5.97 Å². The number of aliphatic carboxylic acids is 1. The molecule has 0 radical (unpaired) electrons. The molecular formula is C12H21N2O3-. The van der Waals surface area contributed by atoms with E-state index in [1.807, 2.05) is 0 Å². The molecule has 0 bridgehead atoms. The van der Waals surface area contributed by atoms with Gasteiger partial charge in [-0.05, 0) is 25.8 Å². The number of carboxylic acid groups (broad SMARTS) is 1. The van der Waals surface area contributed by atoms with Gasteiger partial charge in [0.2, 0.25) is 0 Å². The van der Waals surface area contributed by atoms with Crippen LogP contribution in [0.15, 0.2) is 0 Å². The van der Waals surface area contributed by atoms with Crippen LogP contribution in [0.25, 0.3) is 0 Å². The quantitative estimate of drug-likeness (QED) is 0.776. The van der Waals surface area contributed by atoms with Crippen LogP contribution in [0.2, 0.25) is 0 Å². The maximum Gasteiger partial charge on any atom is 0.309 e. The van der Waals surface area contributed by atoms with Gasteiger partial charge in [-0.3, -0.25) is 4.79 Å². The molecule has 5 nitrogen and oxygen atoms in total. The van der Waals surface area contributed by atoms with E-state index in [2.05, 4.69) is 5.32 Å². The van der Waals surface area contributed by atoms with Crippen molar-refractivity contribution in [1.29, 1.82) is 0 Å². The first kappa shape index (κ1) is 12.8. The summed E-state index contributed by atoms with van der Waals surface area (Å²) in [5.41, 5.74) is 0. The Morgan fingerprint density at radius 3 is 2.59 bits per heavy atom. The lowest BCUT2D eigenvalue weighted by Crippen LogP contribution is -2.53. The summed E-state index contributed by atoms with van der Waals surface area (Å²) in [4.78, 5) is 11.1. The van der Waals surface area contributed by atoms with Crippen molar-refractivity contribution < 1.29 is 9.90 Å². The van der Waals surface area contributed by atoms with Gasteiger partial charge in [-0.1, -0.05) is 19.3 Å². The maximum atomic E-state index is 11.2. The summed E-state index contributed by atoms with van der Waals surface area (Å²) in [7, 11) is 0. The first-order valence-corrected chi connectivity index (χ1v) is 6.58. The number of hydrogen-bond donors (Lipinski definition) is 2. The molecule has 1 aliphatic heterocycles. The van der Waals surface area contributed by atoms with Gasteiger partial charge in [-0.25, -0.2) is 0 Å². The predicted molar refractivity (Wildman–Crippen MR) is 64.5 cm³/mol.